The van der Waals surface area contributed by atoms with Gasteiger partial charge in [-0.25, -0.2) is 19.6 Å². The molecule has 0 aromatic carbocycles. The number of ether oxygens (including phenoxy) is 6. The Kier molecular flexibility index (Phi) is 55.0. The predicted molar refractivity (Wildman–Crippen MR) is 317 cm³/mol. The van der Waals surface area contributed by atoms with E-state index in [0.29, 0.717) is 45.1 Å². The third-order valence-electron chi connectivity index (χ3n) is 12.4. The number of esters is 5. The maximum atomic E-state index is 13.0. The number of aliphatic hydroxyl groups is 1. The summed E-state index contributed by atoms with van der Waals surface area (Å²) in [5.74, 6) is -1.83. The average molecular weight is 1170 g/mol. The Balaban J connectivity index is 0. The number of unbranched alkanes of at least 4 members (excludes halogenated alkanes) is 17. The monoisotopic (exact) mass is 1170 g/mol. The van der Waals surface area contributed by atoms with Crippen molar-refractivity contribution in [2.75, 3.05) is 46.6 Å². The number of amides is 1. The first-order valence-electron chi connectivity index (χ1n) is 30.7. The summed E-state index contributed by atoms with van der Waals surface area (Å²) < 4.78 is 33.7. The first-order chi connectivity index (χ1) is 39.7. The van der Waals surface area contributed by atoms with Crippen molar-refractivity contribution in [3.05, 3.63) is 37.4 Å². The van der Waals surface area contributed by atoms with Crippen molar-refractivity contribution < 1.29 is 67.1 Å². The van der Waals surface area contributed by atoms with E-state index in [1.807, 2.05) is 13.8 Å². The molecule has 2 aromatic heterocycles. The number of alkyl carbamates (subject to hydrolysis) is 1. The van der Waals surface area contributed by atoms with E-state index < -0.39 is 48.4 Å². The molecule has 0 aliphatic heterocycles. The number of aromatic nitrogens is 4. The third-order valence-corrected chi connectivity index (χ3v) is 12.4. The molecule has 0 aliphatic carbocycles. The van der Waals surface area contributed by atoms with Crippen LogP contribution in [0.4, 0.5) is 9.59 Å². The standard InChI is InChI=1S/C30H57N3O8.C15H28O5.C8H19N.C7H6N4O/c1-5-8-11-14-18-26(32-25(29(36)38-4)17-15-16-21-31)33-30(37)41-24(22-39-27(34)19-12-9-6-2)23-40-28(35)20-13-10-7-3;1-3-5-7-9-14(17)19-11-13(16)12-20-15(18)10-8-6-4-2;1-2-3-4-5-6-7-8-9;12-7(10-3-1-8-5-10)11-4-2-9-6-11/h24-26,32H,5-23,31H2,1-4H3,(H,33,37);13,16H,3-12H2,1-2H3;2-9H2,1H3;1-6H. The van der Waals surface area contributed by atoms with Crippen LogP contribution in [0.2, 0.25) is 0 Å². The molecule has 2 heterocycles. The summed E-state index contributed by atoms with van der Waals surface area (Å²) in [5, 5.41) is 15.5. The van der Waals surface area contributed by atoms with Gasteiger partial charge in [0, 0.05) is 50.5 Å². The van der Waals surface area contributed by atoms with E-state index in [2.05, 4.69) is 48.3 Å². The highest BCUT2D eigenvalue weighted by atomic mass is 16.6. The van der Waals surface area contributed by atoms with Gasteiger partial charge < -0.3 is 50.3 Å². The molecule has 0 spiro atoms. The number of rotatable bonds is 44. The highest BCUT2D eigenvalue weighted by Crippen LogP contribution is 2.11. The van der Waals surface area contributed by atoms with E-state index in [1.54, 1.807) is 24.8 Å². The number of carbonyl (C=O) groups excluding carboxylic acids is 7. The highest BCUT2D eigenvalue weighted by Gasteiger charge is 2.26. The minimum absolute atomic E-state index is 0.118. The van der Waals surface area contributed by atoms with Crippen LogP contribution in [0.25, 0.3) is 0 Å². The normalized spacial score (nSPS) is 11.4. The molecular weight excluding hydrogens is 1060 g/mol. The van der Waals surface area contributed by atoms with Crippen LogP contribution in [-0.4, -0.2) is 137 Å². The van der Waals surface area contributed by atoms with Gasteiger partial charge in [0.25, 0.3) is 0 Å². The fourth-order valence-electron chi connectivity index (χ4n) is 7.53. The predicted octanol–water partition coefficient (Wildman–Crippen LogP) is 10.4. The van der Waals surface area contributed by atoms with Crippen molar-refractivity contribution in [1.29, 1.82) is 0 Å². The Morgan fingerprint density at radius 2 is 0.866 bits per heavy atom. The lowest BCUT2D eigenvalue weighted by Gasteiger charge is -2.26. The summed E-state index contributed by atoms with van der Waals surface area (Å²) in [7, 11) is 1.33. The zero-order valence-corrected chi connectivity index (χ0v) is 51.4. The number of nitrogens with one attached hydrogen (secondary N) is 2. The van der Waals surface area contributed by atoms with Crippen LogP contribution in [0.1, 0.15) is 234 Å². The van der Waals surface area contributed by atoms with Gasteiger partial charge in [0.05, 0.1) is 13.3 Å². The van der Waals surface area contributed by atoms with Crippen molar-refractivity contribution in [3.8, 4) is 0 Å². The molecule has 7 N–H and O–H groups in total. The maximum Gasteiger partial charge on any atom is 0.408 e. The third kappa shape index (κ3) is 48.1. The minimum Gasteiger partial charge on any atom is -0.468 e. The lowest BCUT2D eigenvalue weighted by atomic mass is 10.1. The number of aliphatic hydroxyl groups excluding tert-OH is 1. The van der Waals surface area contributed by atoms with Crippen molar-refractivity contribution in [3.63, 3.8) is 0 Å². The van der Waals surface area contributed by atoms with Gasteiger partial charge in [-0.1, -0.05) is 157 Å². The summed E-state index contributed by atoms with van der Waals surface area (Å²) in [5.41, 5.74) is 10.9. The molecular formula is C60H110N8O14. The summed E-state index contributed by atoms with van der Waals surface area (Å²) in [6.45, 7) is 13.3. The number of hydrogen-bond donors (Lipinski definition) is 5. The molecule has 0 aliphatic rings. The van der Waals surface area contributed by atoms with Crippen LogP contribution in [-0.2, 0) is 52.4 Å². The van der Waals surface area contributed by atoms with Gasteiger partial charge in [0.1, 0.15) is 51.2 Å². The van der Waals surface area contributed by atoms with Gasteiger partial charge in [-0.3, -0.25) is 38.4 Å². The van der Waals surface area contributed by atoms with E-state index >= 15 is 0 Å². The Hall–Kier alpha value is -5.45. The van der Waals surface area contributed by atoms with E-state index in [4.69, 9.17) is 39.9 Å². The fraction of sp³-hybridized carbons (Fsp3) is 0.783. The van der Waals surface area contributed by atoms with Gasteiger partial charge in [0.2, 0.25) is 0 Å². The number of nitrogens with two attached hydrogens (primary N) is 2. The molecule has 22 nitrogen and oxygen atoms in total. The molecule has 2 aromatic rings. The highest BCUT2D eigenvalue weighted by molar-refractivity contribution is 5.78. The van der Waals surface area contributed by atoms with Crippen LogP contribution < -0.4 is 22.1 Å². The zero-order valence-electron chi connectivity index (χ0n) is 51.4. The zero-order chi connectivity index (χ0) is 61.3. The Bertz CT molecular complexity index is 1750. The Labute approximate surface area is 491 Å². The van der Waals surface area contributed by atoms with Crippen molar-refractivity contribution >= 4 is 42.0 Å². The van der Waals surface area contributed by atoms with Crippen molar-refractivity contribution in [2.24, 2.45) is 11.5 Å². The summed E-state index contributed by atoms with van der Waals surface area (Å²) in [6.07, 6.45) is 32.7. The SMILES string of the molecule is CCCCCC(=O)OCC(O)COC(=O)CCCCC.CCCCCCC(NC(=O)OC(COC(=O)CCCCC)COC(=O)CCCCC)NC(CCCCN)C(=O)OC.CCCCCCCCN.O=C(n1ccnc1)n1ccnc1. The second-order valence-corrected chi connectivity index (χ2v) is 20.1. The molecule has 474 valence electrons. The number of methoxy groups -OCH3 is 1. The topological polar surface area (TPSA) is 307 Å². The van der Waals surface area contributed by atoms with Gasteiger partial charge in [-0.15, -0.1) is 0 Å². The molecule has 82 heavy (non-hydrogen) atoms. The summed E-state index contributed by atoms with van der Waals surface area (Å²) in [4.78, 5) is 91.2. The van der Waals surface area contributed by atoms with E-state index in [-0.39, 0.29) is 57.2 Å². The molecule has 0 saturated carbocycles. The van der Waals surface area contributed by atoms with Gasteiger partial charge in [0.15, 0.2) is 6.10 Å². The maximum absolute atomic E-state index is 13.0. The number of carbonyl (C=O) groups is 7. The van der Waals surface area contributed by atoms with E-state index in [0.717, 1.165) is 109 Å². The minimum atomic E-state index is -0.970. The smallest absolute Gasteiger partial charge is 0.408 e. The molecule has 22 heteroatoms. The quantitative estimate of drug-likeness (QED) is 0.0178. The lowest BCUT2D eigenvalue weighted by Crippen LogP contribution is -2.53. The number of hydrogen-bond acceptors (Lipinski definition) is 19. The van der Waals surface area contributed by atoms with Crippen LogP contribution in [0, 0.1) is 0 Å². The average Bonchev–Trinajstić information content (AvgIpc) is 4.24. The summed E-state index contributed by atoms with van der Waals surface area (Å²) >= 11 is 0. The second kappa shape index (κ2) is 57.4. The molecule has 2 rings (SSSR count). The van der Waals surface area contributed by atoms with Gasteiger partial charge in [-0.05, 0) is 64.5 Å². The first kappa shape index (κ1) is 78.6. The first-order valence-corrected chi connectivity index (χ1v) is 30.7. The molecule has 2 atom stereocenters. The Morgan fingerprint density at radius 1 is 0.500 bits per heavy atom. The van der Waals surface area contributed by atoms with Gasteiger partial charge >= 0.3 is 42.0 Å². The molecule has 0 bridgehead atoms. The van der Waals surface area contributed by atoms with E-state index in [1.165, 1.54) is 67.4 Å². The molecule has 0 fully saturated rings. The fourth-order valence-corrected chi connectivity index (χ4v) is 7.53. The largest absolute Gasteiger partial charge is 0.468 e. The number of nitrogens with zero attached hydrogens (tertiary/aromatic N) is 4. The molecule has 0 radical (unpaired) electrons. The Morgan fingerprint density at radius 3 is 1.26 bits per heavy atom. The van der Waals surface area contributed by atoms with Crippen LogP contribution >= 0.6 is 0 Å². The van der Waals surface area contributed by atoms with E-state index in [9.17, 15) is 38.7 Å². The van der Waals surface area contributed by atoms with Crippen LogP contribution in [0.5, 0.6) is 0 Å². The second-order valence-electron chi connectivity index (χ2n) is 20.1. The lowest BCUT2D eigenvalue weighted by molar-refractivity contribution is -0.154. The van der Waals surface area contributed by atoms with Crippen LogP contribution in [0.3, 0.4) is 0 Å². The molecule has 1 amide bonds. The number of imidazole rings is 2. The van der Waals surface area contributed by atoms with Crippen molar-refractivity contribution in [2.45, 2.75) is 259 Å². The molecule has 0 saturated heterocycles. The van der Waals surface area contributed by atoms with Crippen LogP contribution in [0.15, 0.2) is 37.4 Å². The molecule has 2 unspecified atom stereocenters. The van der Waals surface area contributed by atoms with Gasteiger partial charge in [-0.2, -0.15) is 0 Å². The summed E-state index contributed by atoms with van der Waals surface area (Å²) in [6, 6.07) is -0.808. The van der Waals surface area contributed by atoms with Crippen molar-refractivity contribution in [1.82, 2.24) is 29.7 Å².